The zero-order valence-corrected chi connectivity index (χ0v) is 18.0. The fourth-order valence-electron chi connectivity index (χ4n) is 4.66. The molecule has 0 unspecified atom stereocenters. The lowest BCUT2D eigenvalue weighted by molar-refractivity contribution is -0.929. The van der Waals surface area contributed by atoms with E-state index in [1.807, 2.05) is 17.0 Å². The number of rotatable bonds is 5. The largest absolute Gasteiger partial charge is 0.331 e. The van der Waals surface area contributed by atoms with Crippen LogP contribution in [0, 0.1) is 0 Å². The van der Waals surface area contributed by atoms with Crippen LogP contribution >= 0.6 is 0 Å². The number of hydrogen-bond acceptors (Lipinski definition) is 3. The molecule has 0 aromatic heterocycles. The van der Waals surface area contributed by atoms with Crippen molar-refractivity contribution in [3.05, 3.63) is 71.8 Å². The second-order valence-corrected chi connectivity index (χ2v) is 8.30. The van der Waals surface area contributed by atoms with E-state index in [4.69, 9.17) is 0 Å². The topological polar surface area (TPSA) is 65.4 Å². The van der Waals surface area contributed by atoms with E-state index < -0.39 is 6.04 Å². The van der Waals surface area contributed by atoms with Crippen molar-refractivity contribution in [1.82, 2.24) is 14.7 Å². The predicted octanol–water partition coefficient (Wildman–Crippen LogP) is 0.786. The molecule has 4 rings (SSSR count). The number of nitrogens with zero attached hydrogens (tertiary/aromatic N) is 3. The Kier molecular flexibility index (Phi) is 6.04. The van der Waals surface area contributed by atoms with Gasteiger partial charge in [-0.05, 0) is 0 Å². The molecular formula is C24H29N4O3+. The summed E-state index contributed by atoms with van der Waals surface area (Å²) in [6, 6.07) is 20.1. The molecule has 162 valence electrons. The van der Waals surface area contributed by atoms with Gasteiger partial charge in [-0.1, -0.05) is 60.7 Å². The van der Waals surface area contributed by atoms with E-state index in [1.54, 1.807) is 7.05 Å². The van der Waals surface area contributed by atoms with Crippen LogP contribution < -0.4 is 4.90 Å². The number of likely N-dealkylation sites (N-methyl/N-ethyl adjacent to an activating group) is 2. The summed E-state index contributed by atoms with van der Waals surface area (Å²) in [5.74, 6) is -0.373. The van der Waals surface area contributed by atoms with Gasteiger partial charge in [0.1, 0.15) is 12.1 Å². The van der Waals surface area contributed by atoms with Gasteiger partial charge in [0.05, 0.1) is 32.6 Å². The number of nitrogens with one attached hydrogen (secondary N) is 1. The van der Waals surface area contributed by atoms with Crippen LogP contribution in [0.15, 0.2) is 60.7 Å². The molecule has 1 atom stereocenters. The van der Waals surface area contributed by atoms with Crippen LogP contribution in [-0.2, 0) is 9.59 Å². The van der Waals surface area contributed by atoms with Crippen molar-refractivity contribution in [3.8, 4) is 0 Å². The van der Waals surface area contributed by atoms with Crippen molar-refractivity contribution < 1.29 is 19.3 Å². The highest BCUT2D eigenvalue weighted by molar-refractivity contribution is 6.05. The number of amides is 4. The summed E-state index contributed by atoms with van der Waals surface area (Å²) in [6.45, 7) is 2.93. The fraction of sp³-hybridized carbons (Fsp3) is 0.375. The van der Waals surface area contributed by atoms with Gasteiger partial charge >= 0.3 is 6.03 Å². The predicted molar refractivity (Wildman–Crippen MR) is 116 cm³/mol. The van der Waals surface area contributed by atoms with Gasteiger partial charge in [-0.3, -0.25) is 14.5 Å². The van der Waals surface area contributed by atoms with Gasteiger partial charge in [0.2, 0.25) is 5.91 Å². The van der Waals surface area contributed by atoms with Crippen LogP contribution in [0.25, 0.3) is 0 Å². The first-order valence-electron chi connectivity index (χ1n) is 10.7. The number of quaternary nitrogens is 1. The van der Waals surface area contributed by atoms with Crippen LogP contribution in [0.1, 0.15) is 23.6 Å². The Balaban J connectivity index is 1.43. The standard InChI is InChI=1S/C24H28N4O3/c1-25-20(23(30)26(2)24(25)31)17-21(29)27-13-15-28(16-14-27)22(18-9-5-3-6-10-18)19-11-7-4-8-12-19/h3-12,20,22H,13-17H2,1-2H3/p+1/t20-/m1/s1. The summed E-state index contributed by atoms with van der Waals surface area (Å²) in [6.07, 6.45) is 0.0432. The second kappa shape index (κ2) is 8.89. The van der Waals surface area contributed by atoms with Crippen LogP contribution in [-0.4, -0.2) is 78.9 Å². The molecule has 7 nitrogen and oxygen atoms in total. The molecule has 2 aromatic carbocycles. The van der Waals surface area contributed by atoms with Gasteiger partial charge in [-0.2, -0.15) is 0 Å². The van der Waals surface area contributed by atoms with Gasteiger partial charge in [0.25, 0.3) is 5.91 Å². The molecule has 0 radical (unpaired) electrons. The molecule has 31 heavy (non-hydrogen) atoms. The normalized spacial score (nSPS) is 20.1. The lowest BCUT2D eigenvalue weighted by Gasteiger charge is -2.37. The average Bonchev–Trinajstić information content (AvgIpc) is 2.99. The number of hydrogen-bond donors (Lipinski definition) is 1. The Morgan fingerprint density at radius 1 is 0.935 bits per heavy atom. The van der Waals surface area contributed by atoms with E-state index in [-0.39, 0.29) is 30.3 Å². The first kappa shape index (κ1) is 21.1. The van der Waals surface area contributed by atoms with Crippen LogP contribution in [0.3, 0.4) is 0 Å². The second-order valence-electron chi connectivity index (χ2n) is 8.30. The highest BCUT2D eigenvalue weighted by Gasteiger charge is 2.43. The molecular weight excluding hydrogens is 392 g/mol. The van der Waals surface area contributed by atoms with Crippen molar-refractivity contribution in [3.63, 3.8) is 0 Å². The van der Waals surface area contributed by atoms with Gasteiger partial charge in [-0.25, -0.2) is 4.79 Å². The molecule has 0 aliphatic carbocycles. The number of carbonyl (C=O) groups is 3. The summed E-state index contributed by atoms with van der Waals surface area (Å²) < 4.78 is 0. The Bertz CT molecular complexity index is 902. The highest BCUT2D eigenvalue weighted by Crippen LogP contribution is 2.20. The van der Waals surface area contributed by atoms with Crippen LogP contribution in [0.2, 0.25) is 0 Å². The number of benzene rings is 2. The molecule has 2 fully saturated rings. The molecule has 1 N–H and O–H groups in total. The van der Waals surface area contributed by atoms with Crippen LogP contribution in [0.4, 0.5) is 4.79 Å². The van der Waals surface area contributed by atoms with E-state index in [9.17, 15) is 14.4 Å². The van der Waals surface area contributed by atoms with E-state index >= 15 is 0 Å². The summed E-state index contributed by atoms with van der Waals surface area (Å²) in [5.41, 5.74) is 2.53. The lowest BCUT2D eigenvalue weighted by Crippen LogP contribution is -3.15. The van der Waals surface area contributed by atoms with Gasteiger partial charge in [0, 0.05) is 25.2 Å². The maximum absolute atomic E-state index is 12.9. The van der Waals surface area contributed by atoms with Crippen molar-refractivity contribution >= 4 is 17.8 Å². The maximum atomic E-state index is 12.9. The van der Waals surface area contributed by atoms with Gasteiger partial charge < -0.3 is 14.7 Å². The molecule has 2 aliphatic rings. The molecule has 2 heterocycles. The lowest BCUT2D eigenvalue weighted by atomic mass is 9.96. The third kappa shape index (κ3) is 4.18. The minimum atomic E-state index is -0.697. The van der Waals surface area contributed by atoms with E-state index in [0.29, 0.717) is 13.1 Å². The van der Waals surface area contributed by atoms with E-state index in [0.717, 1.165) is 18.0 Å². The molecule has 2 aromatic rings. The molecule has 0 spiro atoms. The van der Waals surface area contributed by atoms with Gasteiger partial charge in [0.15, 0.2) is 0 Å². The van der Waals surface area contributed by atoms with Crippen LogP contribution in [0.5, 0.6) is 0 Å². The number of piperazine rings is 1. The summed E-state index contributed by atoms with van der Waals surface area (Å²) in [7, 11) is 3.04. The Labute approximate surface area is 182 Å². The molecule has 4 amide bonds. The quantitative estimate of drug-likeness (QED) is 0.726. The summed E-state index contributed by atoms with van der Waals surface area (Å²) >= 11 is 0. The zero-order valence-electron chi connectivity index (χ0n) is 18.0. The van der Waals surface area contributed by atoms with E-state index in [1.165, 1.54) is 28.0 Å². The number of urea groups is 1. The SMILES string of the molecule is CN1C(=O)[C@@H](CC(=O)N2CC[NH+](C(c3ccccc3)c3ccccc3)CC2)N(C)C1=O. The van der Waals surface area contributed by atoms with Crippen molar-refractivity contribution in [1.29, 1.82) is 0 Å². The van der Waals surface area contributed by atoms with Crippen molar-refractivity contribution in [2.45, 2.75) is 18.5 Å². The minimum Gasteiger partial charge on any atom is -0.331 e. The number of carbonyl (C=O) groups excluding carboxylic acids is 3. The zero-order chi connectivity index (χ0) is 22.0. The average molecular weight is 422 g/mol. The smallest absolute Gasteiger partial charge is 0.326 e. The van der Waals surface area contributed by atoms with Crippen molar-refractivity contribution in [2.24, 2.45) is 0 Å². The molecule has 0 saturated carbocycles. The van der Waals surface area contributed by atoms with Crippen molar-refractivity contribution in [2.75, 3.05) is 40.3 Å². The molecule has 0 bridgehead atoms. The molecule has 2 saturated heterocycles. The summed E-state index contributed by atoms with van der Waals surface area (Å²) in [5, 5.41) is 0. The Morgan fingerprint density at radius 3 is 1.90 bits per heavy atom. The Hall–Kier alpha value is -3.19. The fourth-order valence-corrected chi connectivity index (χ4v) is 4.66. The molecule has 2 aliphatic heterocycles. The Morgan fingerprint density at radius 2 is 1.45 bits per heavy atom. The monoisotopic (exact) mass is 421 g/mol. The first-order chi connectivity index (χ1) is 15.0. The molecule has 7 heteroatoms. The third-order valence-corrected chi connectivity index (χ3v) is 6.47. The number of imide groups is 1. The minimum absolute atomic E-state index is 0.0432. The van der Waals surface area contributed by atoms with Gasteiger partial charge in [-0.15, -0.1) is 0 Å². The highest BCUT2D eigenvalue weighted by atomic mass is 16.2. The third-order valence-electron chi connectivity index (χ3n) is 6.47. The van der Waals surface area contributed by atoms with E-state index in [2.05, 4.69) is 48.5 Å². The first-order valence-corrected chi connectivity index (χ1v) is 10.7. The summed E-state index contributed by atoms with van der Waals surface area (Å²) in [4.78, 5) is 42.9. The maximum Gasteiger partial charge on any atom is 0.326 e.